The largest absolute Gasteiger partial charge is 0.438 e. The average Bonchev–Trinajstić information content (AvgIpc) is 2.33. The van der Waals surface area contributed by atoms with Crippen molar-refractivity contribution in [2.24, 2.45) is 0 Å². The number of nitrogen functional groups attached to an aromatic ring is 1. The minimum Gasteiger partial charge on any atom is -0.438 e. The van der Waals surface area contributed by atoms with E-state index in [-0.39, 0.29) is 11.7 Å². The molecule has 0 radical (unpaired) electrons. The van der Waals surface area contributed by atoms with Crippen molar-refractivity contribution >= 4 is 5.82 Å². The van der Waals surface area contributed by atoms with E-state index in [0.717, 1.165) is 11.1 Å². The predicted molar refractivity (Wildman–Crippen MR) is 71.7 cm³/mol. The summed E-state index contributed by atoms with van der Waals surface area (Å²) in [5.41, 5.74) is 7.39. The van der Waals surface area contributed by atoms with Crippen LogP contribution in [0.3, 0.4) is 0 Å². The summed E-state index contributed by atoms with van der Waals surface area (Å²) in [5, 5.41) is 0. The molecule has 0 saturated carbocycles. The molecule has 0 spiro atoms. The first-order valence-electron chi connectivity index (χ1n) is 6.03. The quantitative estimate of drug-likeness (QED) is 0.919. The second-order valence-electron chi connectivity index (χ2n) is 4.64. The third-order valence-electron chi connectivity index (χ3n) is 2.81. The molecule has 19 heavy (non-hydrogen) atoms. The molecule has 0 aliphatic carbocycles. The Labute approximate surface area is 111 Å². The molecule has 1 aromatic carbocycles. The van der Waals surface area contributed by atoms with Crippen LogP contribution in [0.15, 0.2) is 24.5 Å². The van der Waals surface area contributed by atoms with Gasteiger partial charge in [0, 0.05) is 6.07 Å². The van der Waals surface area contributed by atoms with E-state index in [1.54, 1.807) is 6.07 Å². The van der Waals surface area contributed by atoms with Crippen LogP contribution in [0, 0.1) is 12.7 Å². The maximum absolute atomic E-state index is 13.3. The van der Waals surface area contributed by atoms with Gasteiger partial charge in [0.15, 0.2) is 0 Å². The van der Waals surface area contributed by atoms with E-state index in [4.69, 9.17) is 10.5 Å². The van der Waals surface area contributed by atoms with Crippen molar-refractivity contribution in [1.82, 2.24) is 9.97 Å². The number of hydrogen-bond acceptors (Lipinski definition) is 4. The Morgan fingerprint density at radius 3 is 2.68 bits per heavy atom. The van der Waals surface area contributed by atoms with Crippen molar-refractivity contribution in [3.05, 3.63) is 41.5 Å². The zero-order valence-electron chi connectivity index (χ0n) is 11.1. The number of nitrogens with zero attached hydrogens (tertiary/aromatic N) is 2. The normalized spacial score (nSPS) is 10.8. The molecule has 0 fully saturated rings. The maximum atomic E-state index is 13.3. The number of benzene rings is 1. The fourth-order valence-electron chi connectivity index (χ4n) is 1.80. The third-order valence-corrected chi connectivity index (χ3v) is 2.81. The van der Waals surface area contributed by atoms with E-state index < -0.39 is 0 Å². The molecule has 5 heteroatoms. The monoisotopic (exact) mass is 261 g/mol. The molecule has 0 atom stereocenters. The lowest BCUT2D eigenvalue weighted by atomic mass is 10.1. The van der Waals surface area contributed by atoms with Gasteiger partial charge in [0.2, 0.25) is 5.88 Å². The summed E-state index contributed by atoms with van der Waals surface area (Å²) in [6.45, 7) is 5.79. The van der Waals surface area contributed by atoms with Crippen molar-refractivity contribution < 1.29 is 9.13 Å². The van der Waals surface area contributed by atoms with E-state index in [1.807, 2.05) is 20.8 Å². The number of rotatable bonds is 3. The van der Waals surface area contributed by atoms with E-state index >= 15 is 0 Å². The Bertz CT molecular complexity index is 599. The molecule has 0 aliphatic rings. The summed E-state index contributed by atoms with van der Waals surface area (Å²) >= 11 is 0. The van der Waals surface area contributed by atoms with Crippen LogP contribution < -0.4 is 10.5 Å². The van der Waals surface area contributed by atoms with Gasteiger partial charge in [-0.1, -0.05) is 19.9 Å². The van der Waals surface area contributed by atoms with Gasteiger partial charge < -0.3 is 10.5 Å². The zero-order valence-corrected chi connectivity index (χ0v) is 11.1. The topological polar surface area (TPSA) is 61.0 Å². The van der Waals surface area contributed by atoms with Gasteiger partial charge in [-0.05, 0) is 24.5 Å². The van der Waals surface area contributed by atoms with E-state index in [0.29, 0.717) is 17.4 Å². The van der Waals surface area contributed by atoms with Crippen LogP contribution in [0.2, 0.25) is 0 Å². The molecule has 1 aromatic heterocycles. The summed E-state index contributed by atoms with van der Waals surface area (Å²) in [4.78, 5) is 8.05. The second-order valence-corrected chi connectivity index (χ2v) is 4.64. The number of halogens is 1. The molecule has 4 nitrogen and oxygen atoms in total. The maximum Gasteiger partial charge on any atom is 0.227 e. The van der Waals surface area contributed by atoms with Crippen LogP contribution >= 0.6 is 0 Å². The summed E-state index contributed by atoms with van der Waals surface area (Å²) in [6, 6.07) is 4.38. The Kier molecular flexibility index (Phi) is 3.64. The number of nitrogens with two attached hydrogens (primary N) is 1. The SMILES string of the molecule is Cc1ccc(F)cc1Oc1ncnc(N)c1C(C)C. The number of aryl methyl sites for hydroxylation is 1. The first kappa shape index (κ1) is 13.3. The highest BCUT2D eigenvalue weighted by molar-refractivity contribution is 5.48. The van der Waals surface area contributed by atoms with Crippen LogP contribution in [-0.4, -0.2) is 9.97 Å². The minimum absolute atomic E-state index is 0.116. The lowest BCUT2D eigenvalue weighted by Gasteiger charge is -2.14. The average molecular weight is 261 g/mol. The molecule has 0 amide bonds. The smallest absolute Gasteiger partial charge is 0.227 e. The van der Waals surface area contributed by atoms with Gasteiger partial charge in [0.25, 0.3) is 0 Å². The molecular weight excluding hydrogens is 245 g/mol. The molecule has 2 N–H and O–H groups in total. The first-order valence-corrected chi connectivity index (χ1v) is 6.03. The van der Waals surface area contributed by atoms with Gasteiger partial charge in [-0.3, -0.25) is 0 Å². The van der Waals surface area contributed by atoms with Crippen LogP contribution in [0.25, 0.3) is 0 Å². The zero-order chi connectivity index (χ0) is 14.0. The molecule has 0 unspecified atom stereocenters. The van der Waals surface area contributed by atoms with Gasteiger partial charge in [0.1, 0.15) is 23.7 Å². The molecule has 1 heterocycles. The predicted octanol–water partition coefficient (Wildman–Crippen LogP) is 3.42. The van der Waals surface area contributed by atoms with Crippen molar-refractivity contribution in [3.8, 4) is 11.6 Å². The number of hydrogen-bond donors (Lipinski definition) is 1. The van der Waals surface area contributed by atoms with Crippen molar-refractivity contribution in [2.75, 3.05) is 5.73 Å². The molecule has 0 saturated heterocycles. The third kappa shape index (κ3) is 2.81. The van der Waals surface area contributed by atoms with E-state index in [1.165, 1.54) is 18.5 Å². The lowest BCUT2D eigenvalue weighted by Crippen LogP contribution is -2.04. The molecule has 0 bridgehead atoms. The van der Waals surface area contributed by atoms with Crippen LogP contribution in [0.5, 0.6) is 11.6 Å². The van der Waals surface area contributed by atoms with Crippen LogP contribution in [0.4, 0.5) is 10.2 Å². The van der Waals surface area contributed by atoms with Gasteiger partial charge in [0.05, 0.1) is 5.56 Å². The highest BCUT2D eigenvalue weighted by Crippen LogP contribution is 2.32. The molecule has 0 aliphatic heterocycles. The number of aromatic nitrogens is 2. The minimum atomic E-state index is -0.353. The Morgan fingerprint density at radius 1 is 1.26 bits per heavy atom. The van der Waals surface area contributed by atoms with E-state index in [2.05, 4.69) is 9.97 Å². The summed E-state index contributed by atoms with van der Waals surface area (Å²) in [7, 11) is 0. The highest BCUT2D eigenvalue weighted by Gasteiger charge is 2.15. The summed E-state index contributed by atoms with van der Waals surface area (Å²) in [5.74, 6) is 0.948. The molecule has 100 valence electrons. The fraction of sp³-hybridized carbons (Fsp3) is 0.286. The highest BCUT2D eigenvalue weighted by atomic mass is 19.1. The lowest BCUT2D eigenvalue weighted by molar-refractivity contribution is 0.444. The van der Waals surface area contributed by atoms with Gasteiger partial charge in [-0.15, -0.1) is 0 Å². The number of anilines is 1. The Morgan fingerprint density at radius 2 is 2.00 bits per heavy atom. The van der Waals surface area contributed by atoms with Gasteiger partial charge in [-0.2, -0.15) is 0 Å². The Balaban J connectivity index is 2.44. The van der Waals surface area contributed by atoms with Crippen LogP contribution in [-0.2, 0) is 0 Å². The Hall–Kier alpha value is -2.17. The molecular formula is C14H16FN3O. The van der Waals surface area contributed by atoms with Crippen LogP contribution in [0.1, 0.15) is 30.9 Å². The van der Waals surface area contributed by atoms with Crippen molar-refractivity contribution in [1.29, 1.82) is 0 Å². The summed E-state index contributed by atoms with van der Waals surface area (Å²) < 4.78 is 18.9. The van der Waals surface area contributed by atoms with Gasteiger partial charge >= 0.3 is 0 Å². The van der Waals surface area contributed by atoms with Crippen molar-refractivity contribution in [2.45, 2.75) is 26.7 Å². The number of ether oxygens (including phenoxy) is 1. The van der Waals surface area contributed by atoms with Gasteiger partial charge in [-0.25, -0.2) is 14.4 Å². The molecule has 2 rings (SSSR count). The summed E-state index contributed by atoms with van der Waals surface area (Å²) in [6.07, 6.45) is 1.34. The first-order chi connectivity index (χ1) is 8.99. The molecule has 2 aromatic rings. The van der Waals surface area contributed by atoms with E-state index in [9.17, 15) is 4.39 Å². The standard InChI is InChI=1S/C14H16FN3O/c1-8(2)12-13(16)17-7-18-14(12)19-11-6-10(15)5-4-9(11)3/h4-8H,1-3H3,(H2,16,17,18). The second kappa shape index (κ2) is 5.22. The van der Waals surface area contributed by atoms with Crippen molar-refractivity contribution in [3.63, 3.8) is 0 Å². The fourth-order valence-corrected chi connectivity index (χ4v) is 1.80.